The molecule has 0 bridgehead atoms. The van der Waals surface area contributed by atoms with Gasteiger partial charge in [0.25, 0.3) is 5.91 Å². The first-order valence-electron chi connectivity index (χ1n) is 11.4. The number of rotatable bonds is 5. The average Bonchev–Trinajstić information content (AvgIpc) is 3.21. The van der Waals surface area contributed by atoms with Crippen molar-refractivity contribution < 1.29 is 14.4 Å². The van der Waals surface area contributed by atoms with Crippen molar-refractivity contribution in [3.05, 3.63) is 71.3 Å². The molecule has 2 saturated heterocycles. The number of piperidine rings is 1. The van der Waals surface area contributed by atoms with Gasteiger partial charge < -0.3 is 15.1 Å². The minimum absolute atomic E-state index is 0.0278. The van der Waals surface area contributed by atoms with Gasteiger partial charge in [-0.15, -0.1) is 0 Å². The Balaban J connectivity index is 1.27. The van der Waals surface area contributed by atoms with Crippen molar-refractivity contribution in [1.82, 2.24) is 15.1 Å². The number of hydrogen-bond acceptors (Lipinski definition) is 3. The minimum Gasteiger partial charge on any atom is -0.353 e. The van der Waals surface area contributed by atoms with E-state index in [9.17, 15) is 14.4 Å². The molecule has 0 spiro atoms. The summed E-state index contributed by atoms with van der Waals surface area (Å²) < 4.78 is 0. The Hall–Kier alpha value is -3.15. The van der Waals surface area contributed by atoms with Crippen LogP contribution in [0.1, 0.15) is 53.7 Å². The normalized spacial score (nSPS) is 20.3. The molecule has 6 heteroatoms. The molecule has 2 atom stereocenters. The number of carbonyl (C=O) groups is 3. The van der Waals surface area contributed by atoms with E-state index in [0.717, 1.165) is 24.0 Å². The molecule has 2 aliphatic rings. The quantitative estimate of drug-likeness (QED) is 0.786. The number of amides is 3. The summed E-state index contributed by atoms with van der Waals surface area (Å²) >= 11 is 0. The maximum absolute atomic E-state index is 12.9. The largest absolute Gasteiger partial charge is 0.353 e. The fourth-order valence-corrected chi connectivity index (χ4v) is 4.62. The van der Waals surface area contributed by atoms with E-state index in [1.54, 1.807) is 0 Å². The summed E-state index contributed by atoms with van der Waals surface area (Å²) in [5.74, 6) is -0.299. The van der Waals surface area contributed by atoms with Gasteiger partial charge in [-0.05, 0) is 44.4 Å². The first-order chi connectivity index (χ1) is 15.4. The molecule has 32 heavy (non-hydrogen) atoms. The van der Waals surface area contributed by atoms with Crippen LogP contribution >= 0.6 is 0 Å². The van der Waals surface area contributed by atoms with E-state index in [-0.39, 0.29) is 42.1 Å². The van der Waals surface area contributed by atoms with Gasteiger partial charge in [0.2, 0.25) is 11.8 Å². The lowest BCUT2D eigenvalue weighted by molar-refractivity contribution is -0.130. The zero-order valence-corrected chi connectivity index (χ0v) is 18.8. The maximum Gasteiger partial charge on any atom is 0.253 e. The first-order valence-corrected chi connectivity index (χ1v) is 11.4. The molecule has 2 aliphatic heterocycles. The van der Waals surface area contributed by atoms with Gasteiger partial charge in [0.1, 0.15) is 0 Å². The molecule has 2 aromatic rings. The predicted molar refractivity (Wildman–Crippen MR) is 123 cm³/mol. The fraction of sp³-hybridized carbons (Fsp3) is 0.423. The van der Waals surface area contributed by atoms with Crippen LogP contribution in [0, 0.1) is 12.8 Å². The van der Waals surface area contributed by atoms with Crippen LogP contribution in [-0.4, -0.2) is 53.2 Å². The van der Waals surface area contributed by atoms with Gasteiger partial charge in [0, 0.05) is 37.7 Å². The molecule has 6 nitrogen and oxygen atoms in total. The van der Waals surface area contributed by atoms with Gasteiger partial charge in [0.15, 0.2) is 0 Å². The van der Waals surface area contributed by atoms with Crippen LogP contribution in [0.4, 0.5) is 0 Å². The number of benzene rings is 2. The molecule has 3 amide bonds. The summed E-state index contributed by atoms with van der Waals surface area (Å²) in [6.07, 6.45) is 1.72. The summed E-state index contributed by atoms with van der Waals surface area (Å²) in [7, 11) is 0. The van der Waals surface area contributed by atoms with Gasteiger partial charge >= 0.3 is 0 Å². The van der Waals surface area contributed by atoms with E-state index in [1.807, 2.05) is 78.2 Å². The molecule has 1 N–H and O–H groups in total. The molecular weight excluding hydrogens is 402 g/mol. The topological polar surface area (TPSA) is 69.7 Å². The summed E-state index contributed by atoms with van der Waals surface area (Å²) in [5.41, 5.74) is 2.91. The second-order valence-corrected chi connectivity index (χ2v) is 8.97. The van der Waals surface area contributed by atoms with Crippen molar-refractivity contribution in [3.8, 4) is 0 Å². The third-order valence-electron chi connectivity index (χ3n) is 6.71. The lowest BCUT2D eigenvalue weighted by Gasteiger charge is -2.33. The van der Waals surface area contributed by atoms with Gasteiger partial charge in [0.05, 0.1) is 12.0 Å². The van der Waals surface area contributed by atoms with Crippen LogP contribution in [0.3, 0.4) is 0 Å². The van der Waals surface area contributed by atoms with Gasteiger partial charge in [-0.3, -0.25) is 14.4 Å². The third-order valence-corrected chi connectivity index (χ3v) is 6.71. The van der Waals surface area contributed by atoms with Crippen LogP contribution < -0.4 is 5.32 Å². The molecule has 0 aromatic heterocycles. The Labute approximate surface area is 189 Å². The van der Waals surface area contributed by atoms with Crippen LogP contribution in [0.2, 0.25) is 0 Å². The Morgan fingerprint density at radius 1 is 1.00 bits per heavy atom. The smallest absolute Gasteiger partial charge is 0.253 e. The second kappa shape index (κ2) is 9.55. The van der Waals surface area contributed by atoms with Crippen molar-refractivity contribution in [2.45, 2.75) is 45.2 Å². The van der Waals surface area contributed by atoms with Gasteiger partial charge in [-0.2, -0.15) is 0 Å². The molecule has 2 heterocycles. The van der Waals surface area contributed by atoms with E-state index in [2.05, 4.69) is 5.32 Å². The van der Waals surface area contributed by atoms with Crippen LogP contribution in [0.15, 0.2) is 54.6 Å². The van der Waals surface area contributed by atoms with Crippen LogP contribution in [-0.2, 0) is 9.59 Å². The van der Waals surface area contributed by atoms with E-state index in [1.165, 1.54) is 0 Å². The molecule has 2 fully saturated rings. The number of hydrogen-bond donors (Lipinski definition) is 1. The highest BCUT2D eigenvalue weighted by Gasteiger charge is 2.38. The molecule has 0 saturated carbocycles. The standard InChI is InChI=1S/C26H31N3O3/c1-18-8-10-21(11-9-18)26(32)28-14-12-23(13-15-28)27-25(31)22-16-24(30)29(17-22)19(2)20-6-4-3-5-7-20/h3-11,19,22-23H,12-17H2,1-2H3,(H,27,31). The van der Waals surface area contributed by atoms with E-state index in [4.69, 9.17) is 0 Å². The number of carbonyl (C=O) groups excluding carboxylic acids is 3. The molecule has 2 unspecified atom stereocenters. The number of aryl methyl sites for hydroxylation is 1. The van der Waals surface area contributed by atoms with Crippen molar-refractivity contribution in [2.24, 2.45) is 5.92 Å². The minimum atomic E-state index is -0.319. The molecule has 0 aliphatic carbocycles. The fourth-order valence-electron chi connectivity index (χ4n) is 4.62. The molecule has 0 radical (unpaired) electrons. The SMILES string of the molecule is Cc1ccc(C(=O)N2CCC(NC(=O)C3CC(=O)N(C(C)c4ccccc4)C3)CC2)cc1. The Kier molecular flexibility index (Phi) is 6.58. The number of nitrogens with one attached hydrogen (secondary N) is 1. The summed E-state index contributed by atoms with van der Waals surface area (Å²) in [4.78, 5) is 41.8. The molecule has 2 aromatic carbocycles. The van der Waals surface area contributed by atoms with E-state index < -0.39 is 0 Å². The highest BCUT2D eigenvalue weighted by Crippen LogP contribution is 2.28. The lowest BCUT2D eigenvalue weighted by atomic mass is 10.0. The van der Waals surface area contributed by atoms with Crippen molar-refractivity contribution in [1.29, 1.82) is 0 Å². The maximum atomic E-state index is 12.9. The summed E-state index contributed by atoms with van der Waals surface area (Å²) in [6.45, 7) is 5.71. The predicted octanol–water partition coefficient (Wildman–Crippen LogP) is 3.33. The number of likely N-dealkylation sites (tertiary alicyclic amines) is 2. The van der Waals surface area contributed by atoms with E-state index in [0.29, 0.717) is 25.2 Å². The summed E-state index contributed by atoms with van der Waals surface area (Å²) in [6, 6.07) is 17.5. The Morgan fingerprint density at radius 2 is 1.66 bits per heavy atom. The van der Waals surface area contributed by atoms with E-state index >= 15 is 0 Å². The Bertz CT molecular complexity index is 966. The highest BCUT2D eigenvalue weighted by atomic mass is 16.2. The van der Waals surface area contributed by atoms with Crippen LogP contribution in [0.5, 0.6) is 0 Å². The number of nitrogens with zero attached hydrogens (tertiary/aromatic N) is 2. The van der Waals surface area contributed by atoms with Crippen molar-refractivity contribution in [3.63, 3.8) is 0 Å². The van der Waals surface area contributed by atoms with Gasteiger partial charge in [-0.25, -0.2) is 0 Å². The highest BCUT2D eigenvalue weighted by molar-refractivity contribution is 5.94. The molecule has 4 rings (SSSR count). The second-order valence-electron chi connectivity index (χ2n) is 8.97. The van der Waals surface area contributed by atoms with Crippen molar-refractivity contribution in [2.75, 3.05) is 19.6 Å². The zero-order chi connectivity index (χ0) is 22.7. The lowest BCUT2D eigenvalue weighted by Crippen LogP contribution is -2.48. The molecule has 168 valence electrons. The van der Waals surface area contributed by atoms with Crippen molar-refractivity contribution >= 4 is 17.7 Å². The van der Waals surface area contributed by atoms with Gasteiger partial charge in [-0.1, -0.05) is 48.0 Å². The Morgan fingerprint density at radius 3 is 2.31 bits per heavy atom. The monoisotopic (exact) mass is 433 g/mol. The van der Waals surface area contributed by atoms with Crippen LogP contribution in [0.25, 0.3) is 0 Å². The summed E-state index contributed by atoms with van der Waals surface area (Å²) in [5, 5.41) is 3.13. The average molecular weight is 434 g/mol. The third kappa shape index (κ3) is 4.85. The molecular formula is C26H31N3O3. The zero-order valence-electron chi connectivity index (χ0n) is 18.8. The first kappa shape index (κ1) is 22.1.